The van der Waals surface area contributed by atoms with E-state index in [4.69, 9.17) is 9.79 Å². The van der Waals surface area contributed by atoms with Crippen LogP contribution in [-0.2, 0) is 9.09 Å². The van der Waals surface area contributed by atoms with Crippen molar-refractivity contribution in [3.8, 4) is 6.07 Å². The average Bonchev–Trinajstić information content (AvgIpc) is 2.12. The highest BCUT2D eigenvalue weighted by atomic mass is 31.2. The minimum Gasteiger partial charge on any atom is -0.324 e. The van der Waals surface area contributed by atoms with Gasteiger partial charge in [0.25, 0.3) is 0 Å². The van der Waals surface area contributed by atoms with Crippen molar-refractivity contribution in [3.05, 3.63) is 0 Å². The molecule has 0 fully saturated rings. The Morgan fingerprint density at radius 3 is 2.31 bits per heavy atom. The van der Waals surface area contributed by atoms with Gasteiger partial charge in [0, 0.05) is 6.42 Å². The molecule has 0 amide bonds. The molecule has 1 N–H and O–H groups in total. The van der Waals surface area contributed by atoms with Gasteiger partial charge in [0.15, 0.2) is 0 Å². The zero-order chi connectivity index (χ0) is 12.8. The van der Waals surface area contributed by atoms with Gasteiger partial charge in [-0.25, -0.2) is 0 Å². The SMILES string of the molecule is CC(C)CC(OP(=O)(O)CCC#N)C(C)C. The van der Waals surface area contributed by atoms with Crippen molar-refractivity contribution in [1.82, 2.24) is 0 Å². The highest BCUT2D eigenvalue weighted by Crippen LogP contribution is 2.45. The molecule has 0 aromatic carbocycles. The minimum absolute atomic E-state index is 0.0558. The summed E-state index contributed by atoms with van der Waals surface area (Å²) in [6.45, 7) is 8.04. The molecular weight excluding hydrogens is 225 g/mol. The van der Waals surface area contributed by atoms with Gasteiger partial charge >= 0.3 is 7.60 Å². The Hall–Kier alpha value is -0.360. The van der Waals surface area contributed by atoms with Crippen molar-refractivity contribution < 1.29 is 14.0 Å². The summed E-state index contributed by atoms with van der Waals surface area (Å²) in [6.07, 6.45) is 0.523. The van der Waals surface area contributed by atoms with Crippen LogP contribution in [0.2, 0.25) is 0 Å². The second kappa shape index (κ2) is 7.06. The fourth-order valence-corrected chi connectivity index (χ4v) is 2.60. The van der Waals surface area contributed by atoms with E-state index in [0.29, 0.717) is 5.92 Å². The maximum absolute atomic E-state index is 11.7. The monoisotopic (exact) mass is 247 g/mol. The number of rotatable bonds is 7. The average molecular weight is 247 g/mol. The lowest BCUT2D eigenvalue weighted by molar-refractivity contribution is 0.111. The molecule has 5 heteroatoms. The molecule has 0 saturated heterocycles. The van der Waals surface area contributed by atoms with Gasteiger partial charge in [-0.1, -0.05) is 27.7 Å². The van der Waals surface area contributed by atoms with Gasteiger partial charge in [-0.2, -0.15) is 5.26 Å². The molecule has 2 atom stereocenters. The smallest absolute Gasteiger partial charge is 0.324 e. The zero-order valence-electron chi connectivity index (χ0n) is 10.5. The summed E-state index contributed by atoms with van der Waals surface area (Å²) in [5.74, 6) is 0.619. The van der Waals surface area contributed by atoms with Crippen LogP contribution in [0.25, 0.3) is 0 Å². The molecule has 94 valence electrons. The highest BCUT2D eigenvalue weighted by Gasteiger charge is 2.27. The van der Waals surface area contributed by atoms with Crippen molar-refractivity contribution in [2.24, 2.45) is 11.8 Å². The van der Waals surface area contributed by atoms with Crippen molar-refractivity contribution in [2.75, 3.05) is 6.16 Å². The molecule has 0 aliphatic heterocycles. The van der Waals surface area contributed by atoms with E-state index in [1.54, 1.807) is 0 Å². The Morgan fingerprint density at radius 2 is 1.94 bits per heavy atom. The third kappa shape index (κ3) is 7.00. The van der Waals surface area contributed by atoms with E-state index in [9.17, 15) is 9.46 Å². The van der Waals surface area contributed by atoms with E-state index in [1.807, 2.05) is 19.9 Å². The third-order valence-corrected chi connectivity index (χ3v) is 3.64. The molecule has 0 aromatic heterocycles. The maximum Gasteiger partial charge on any atom is 0.329 e. The molecule has 0 radical (unpaired) electrons. The lowest BCUT2D eigenvalue weighted by Gasteiger charge is -2.25. The van der Waals surface area contributed by atoms with Crippen LogP contribution in [0.5, 0.6) is 0 Å². The summed E-state index contributed by atoms with van der Waals surface area (Å²) in [5, 5.41) is 8.38. The van der Waals surface area contributed by atoms with Gasteiger partial charge in [-0.3, -0.25) is 4.57 Å². The van der Waals surface area contributed by atoms with E-state index >= 15 is 0 Å². The molecule has 0 aliphatic carbocycles. The van der Waals surface area contributed by atoms with Crippen molar-refractivity contribution in [2.45, 2.75) is 46.6 Å². The highest BCUT2D eigenvalue weighted by molar-refractivity contribution is 7.52. The lowest BCUT2D eigenvalue weighted by Crippen LogP contribution is -2.21. The van der Waals surface area contributed by atoms with Crippen LogP contribution in [0.3, 0.4) is 0 Å². The molecule has 0 aromatic rings. The first-order valence-electron chi connectivity index (χ1n) is 5.65. The Balaban J connectivity index is 4.38. The lowest BCUT2D eigenvalue weighted by atomic mass is 9.98. The molecule has 0 saturated carbocycles. The fraction of sp³-hybridized carbons (Fsp3) is 0.909. The molecule has 4 nitrogen and oxygen atoms in total. The Labute approximate surface area is 98.2 Å². The molecule has 16 heavy (non-hydrogen) atoms. The normalized spacial score (nSPS) is 17.1. The maximum atomic E-state index is 11.7. The van der Waals surface area contributed by atoms with Crippen LogP contribution < -0.4 is 0 Å². The topological polar surface area (TPSA) is 70.3 Å². The van der Waals surface area contributed by atoms with Gasteiger partial charge in [0.05, 0.1) is 18.3 Å². The third-order valence-electron chi connectivity index (χ3n) is 2.25. The summed E-state index contributed by atoms with van der Waals surface area (Å²) < 4.78 is 16.9. The van der Waals surface area contributed by atoms with Crippen molar-refractivity contribution in [1.29, 1.82) is 5.26 Å². The molecule has 0 aliphatic rings. The second-order valence-corrected chi connectivity index (χ2v) is 6.72. The van der Waals surface area contributed by atoms with Crippen LogP contribution in [0.1, 0.15) is 40.5 Å². The van der Waals surface area contributed by atoms with E-state index < -0.39 is 7.60 Å². The predicted molar refractivity (Wildman–Crippen MR) is 64.1 cm³/mol. The largest absolute Gasteiger partial charge is 0.329 e. The van der Waals surface area contributed by atoms with Crippen LogP contribution in [0.15, 0.2) is 0 Å². The quantitative estimate of drug-likeness (QED) is 0.701. The van der Waals surface area contributed by atoms with E-state index in [1.165, 1.54) is 0 Å². The van der Waals surface area contributed by atoms with Crippen LogP contribution >= 0.6 is 7.60 Å². The van der Waals surface area contributed by atoms with Crippen LogP contribution in [-0.4, -0.2) is 17.2 Å². The van der Waals surface area contributed by atoms with E-state index in [-0.39, 0.29) is 24.6 Å². The summed E-state index contributed by atoms with van der Waals surface area (Å²) in [7, 11) is -3.60. The summed E-state index contributed by atoms with van der Waals surface area (Å²) in [6, 6.07) is 1.85. The first-order valence-corrected chi connectivity index (χ1v) is 7.42. The standard InChI is InChI=1S/C11H22NO3P/c1-9(2)8-11(10(3)4)15-16(13,14)7-5-6-12/h9-11H,5,7-8H2,1-4H3,(H,13,14). The molecule has 0 bridgehead atoms. The van der Waals surface area contributed by atoms with Crippen molar-refractivity contribution >= 4 is 7.60 Å². The second-order valence-electron chi connectivity index (χ2n) is 4.79. The van der Waals surface area contributed by atoms with Gasteiger partial charge in [0.2, 0.25) is 0 Å². The van der Waals surface area contributed by atoms with Gasteiger partial charge < -0.3 is 9.42 Å². The Morgan fingerprint density at radius 1 is 1.38 bits per heavy atom. The summed E-state index contributed by atoms with van der Waals surface area (Å²) in [5.41, 5.74) is 0. The van der Waals surface area contributed by atoms with E-state index in [2.05, 4.69) is 13.8 Å². The molecule has 0 spiro atoms. The number of hydrogen-bond acceptors (Lipinski definition) is 3. The van der Waals surface area contributed by atoms with E-state index in [0.717, 1.165) is 6.42 Å². The summed E-state index contributed by atoms with van der Waals surface area (Å²) >= 11 is 0. The van der Waals surface area contributed by atoms with Gasteiger partial charge in [-0.15, -0.1) is 0 Å². The zero-order valence-corrected chi connectivity index (χ0v) is 11.4. The first-order chi connectivity index (χ1) is 7.28. The molecule has 0 rings (SSSR count). The van der Waals surface area contributed by atoms with Gasteiger partial charge in [0.1, 0.15) is 0 Å². The Bertz CT molecular complexity index is 283. The fourth-order valence-electron chi connectivity index (χ4n) is 1.36. The van der Waals surface area contributed by atoms with Gasteiger partial charge in [-0.05, 0) is 18.3 Å². The molecule has 2 unspecified atom stereocenters. The summed E-state index contributed by atoms with van der Waals surface area (Å²) in [4.78, 5) is 9.56. The molecule has 0 heterocycles. The minimum atomic E-state index is -3.60. The van der Waals surface area contributed by atoms with Crippen LogP contribution in [0, 0.1) is 23.2 Å². The number of nitriles is 1. The molecular formula is C11H22NO3P. The Kier molecular flexibility index (Phi) is 6.90. The van der Waals surface area contributed by atoms with Crippen LogP contribution in [0.4, 0.5) is 0 Å². The number of nitrogens with zero attached hydrogens (tertiary/aromatic N) is 1. The first kappa shape index (κ1) is 15.6. The predicted octanol–water partition coefficient (Wildman–Crippen LogP) is 3.17. The van der Waals surface area contributed by atoms with Crippen molar-refractivity contribution in [3.63, 3.8) is 0 Å². The number of hydrogen-bond donors (Lipinski definition) is 1.